The van der Waals surface area contributed by atoms with Crippen LogP contribution in [0, 0.1) is 0 Å². The molecule has 188 valence electrons. The lowest BCUT2D eigenvalue weighted by Gasteiger charge is -2.26. The van der Waals surface area contributed by atoms with E-state index in [1.807, 2.05) is 66.7 Å². The lowest BCUT2D eigenvalue weighted by atomic mass is 10.1. The monoisotopic (exact) mass is 493 g/mol. The summed E-state index contributed by atoms with van der Waals surface area (Å²) in [6, 6.07) is 25.0. The van der Waals surface area contributed by atoms with E-state index in [0.29, 0.717) is 17.2 Å². The minimum absolute atomic E-state index is 0.139. The third-order valence-corrected chi connectivity index (χ3v) is 6.49. The molecule has 2 N–H and O–H groups in total. The summed E-state index contributed by atoms with van der Waals surface area (Å²) in [7, 11) is 1.64. The number of nitrogens with zero attached hydrogens (tertiary/aromatic N) is 3. The van der Waals surface area contributed by atoms with Crippen molar-refractivity contribution in [1.82, 2.24) is 14.9 Å². The third kappa shape index (κ3) is 6.51. The van der Waals surface area contributed by atoms with Gasteiger partial charge >= 0.3 is 0 Å². The SMILES string of the molecule is COc1ccc(-c2ccnc(Nc3cccc(NC(=O)c4ccc(CN5CCCCC5)cc4)c3)n2)cc1. The molecule has 0 unspecified atom stereocenters. The molecule has 1 aromatic heterocycles. The smallest absolute Gasteiger partial charge is 0.255 e. The second-order valence-corrected chi connectivity index (χ2v) is 9.19. The van der Waals surface area contributed by atoms with Crippen LogP contribution >= 0.6 is 0 Å². The first-order valence-electron chi connectivity index (χ1n) is 12.6. The Bertz CT molecular complexity index is 1330. The maximum Gasteiger partial charge on any atom is 0.255 e. The normalized spacial score (nSPS) is 13.6. The molecule has 1 amide bonds. The maximum atomic E-state index is 12.9. The van der Waals surface area contributed by atoms with Crippen LogP contribution in [-0.4, -0.2) is 41.0 Å². The van der Waals surface area contributed by atoms with Gasteiger partial charge in [-0.1, -0.05) is 24.6 Å². The second kappa shape index (κ2) is 11.7. The van der Waals surface area contributed by atoms with Gasteiger partial charge in [-0.05, 0) is 92.2 Å². The Balaban J connectivity index is 1.21. The van der Waals surface area contributed by atoms with Crippen molar-refractivity contribution < 1.29 is 9.53 Å². The largest absolute Gasteiger partial charge is 0.497 e. The number of anilines is 3. The van der Waals surface area contributed by atoms with Crippen LogP contribution < -0.4 is 15.4 Å². The standard InChI is InChI=1S/C30H31N5O2/c1-37-27-14-12-23(13-15-27)28-16-17-31-30(34-28)33-26-7-5-6-25(20-26)32-29(36)24-10-8-22(9-11-24)21-35-18-3-2-4-19-35/h5-17,20H,2-4,18-19,21H2,1H3,(H,32,36)(H,31,33,34). The summed E-state index contributed by atoms with van der Waals surface area (Å²) in [6.07, 6.45) is 5.59. The number of benzene rings is 3. The van der Waals surface area contributed by atoms with E-state index in [1.165, 1.54) is 24.8 Å². The Morgan fingerprint density at radius 1 is 0.919 bits per heavy atom. The topological polar surface area (TPSA) is 79.4 Å². The molecule has 0 saturated carbocycles. The van der Waals surface area contributed by atoms with Gasteiger partial charge in [0.2, 0.25) is 5.95 Å². The first-order valence-corrected chi connectivity index (χ1v) is 12.6. The van der Waals surface area contributed by atoms with Crippen LogP contribution in [0.3, 0.4) is 0 Å². The Morgan fingerprint density at radius 2 is 1.68 bits per heavy atom. The van der Waals surface area contributed by atoms with E-state index in [-0.39, 0.29) is 5.91 Å². The minimum Gasteiger partial charge on any atom is -0.497 e. The van der Waals surface area contributed by atoms with Crippen LogP contribution in [-0.2, 0) is 6.54 Å². The van der Waals surface area contributed by atoms with Crippen molar-refractivity contribution in [2.75, 3.05) is 30.8 Å². The number of hydrogen-bond acceptors (Lipinski definition) is 6. The summed E-state index contributed by atoms with van der Waals surface area (Å²) in [5.74, 6) is 1.13. The summed E-state index contributed by atoms with van der Waals surface area (Å²) < 4.78 is 5.23. The van der Waals surface area contributed by atoms with Gasteiger partial charge in [0.1, 0.15) is 5.75 Å². The zero-order valence-corrected chi connectivity index (χ0v) is 21.0. The quantitative estimate of drug-likeness (QED) is 0.307. The molecule has 7 nitrogen and oxygen atoms in total. The molecular weight excluding hydrogens is 462 g/mol. The molecule has 1 saturated heterocycles. The van der Waals surface area contributed by atoms with E-state index in [2.05, 4.69) is 37.6 Å². The van der Waals surface area contributed by atoms with Crippen molar-refractivity contribution in [1.29, 1.82) is 0 Å². The molecule has 3 aromatic carbocycles. The number of likely N-dealkylation sites (tertiary alicyclic amines) is 1. The fourth-order valence-corrected chi connectivity index (χ4v) is 4.49. The van der Waals surface area contributed by atoms with Crippen molar-refractivity contribution in [3.8, 4) is 17.0 Å². The number of piperidine rings is 1. The lowest BCUT2D eigenvalue weighted by molar-refractivity contribution is 0.102. The van der Waals surface area contributed by atoms with Gasteiger partial charge in [0.25, 0.3) is 5.91 Å². The number of hydrogen-bond donors (Lipinski definition) is 2. The van der Waals surface area contributed by atoms with Gasteiger partial charge in [-0.3, -0.25) is 9.69 Å². The number of carbonyl (C=O) groups excluding carboxylic acids is 1. The lowest BCUT2D eigenvalue weighted by Crippen LogP contribution is -2.29. The summed E-state index contributed by atoms with van der Waals surface area (Å²) >= 11 is 0. The van der Waals surface area contributed by atoms with E-state index in [0.717, 1.165) is 42.3 Å². The number of ether oxygens (including phenoxy) is 1. The number of aromatic nitrogens is 2. The van der Waals surface area contributed by atoms with E-state index in [9.17, 15) is 4.79 Å². The van der Waals surface area contributed by atoms with E-state index in [1.54, 1.807) is 13.3 Å². The number of carbonyl (C=O) groups is 1. The minimum atomic E-state index is -0.139. The highest BCUT2D eigenvalue weighted by atomic mass is 16.5. The highest BCUT2D eigenvalue weighted by molar-refractivity contribution is 6.04. The summed E-state index contributed by atoms with van der Waals surface area (Å²) in [6.45, 7) is 3.25. The van der Waals surface area contributed by atoms with Gasteiger partial charge in [-0.25, -0.2) is 9.97 Å². The van der Waals surface area contributed by atoms with Crippen molar-refractivity contribution in [2.24, 2.45) is 0 Å². The third-order valence-electron chi connectivity index (χ3n) is 6.49. The van der Waals surface area contributed by atoms with Gasteiger partial charge in [0.05, 0.1) is 12.8 Å². The van der Waals surface area contributed by atoms with Crippen LogP contribution in [0.2, 0.25) is 0 Å². The molecule has 37 heavy (non-hydrogen) atoms. The van der Waals surface area contributed by atoms with Crippen molar-refractivity contribution in [3.63, 3.8) is 0 Å². The number of methoxy groups -OCH3 is 1. The van der Waals surface area contributed by atoms with E-state index < -0.39 is 0 Å². The van der Waals surface area contributed by atoms with Gasteiger partial charge < -0.3 is 15.4 Å². The van der Waals surface area contributed by atoms with E-state index >= 15 is 0 Å². The zero-order valence-electron chi connectivity index (χ0n) is 21.0. The molecule has 0 bridgehead atoms. The Kier molecular flexibility index (Phi) is 7.72. The van der Waals surface area contributed by atoms with Crippen LogP contribution in [0.15, 0.2) is 85.1 Å². The first-order chi connectivity index (χ1) is 18.2. The summed E-state index contributed by atoms with van der Waals surface area (Å²) in [4.78, 5) is 24.3. The summed E-state index contributed by atoms with van der Waals surface area (Å²) in [5.41, 5.74) is 5.11. The van der Waals surface area contributed by atoms with Crippen LogP contribution in [0.25, 0.3) is 11.3 Å². The average Bonchev–Trinajstić information content (AvgIpc) is 2.94. The predicted octanol–water partition coefficient (Wildman–Crippen LogP) is 6.13. The van der Waals surface area contributed by atoms with Crippen LogP contribution in [0.4, 0.5) is 17.3 Å². The number of rotatable bonds is 8. The van der Waals surface area contributed by atoms with Crippen molar-refractivity contribution >= 4 is 23.2 Å². The molecule has 1 fully saturated rings. The van der Waals surface area contributed by atoms with Gasteiger partial charge in [0, 0.05) is 35.2 Å². The molecular formula is C30H31N5O2. The summed E-state index contributed by atoms with van der Waals surface area (Å²) in [5, 5.41) is 6.22. The van der Waals surface area contributed by atoms with Gasteiger partial charge in [-0.15, -0.1) is 0 Å². The molecule has 0 aliphatic carbocycles. The first kappa shape index (κ1) is 24.5. The van der Waals surface area contributed by atoms with Crippen LogP contribution in [0.1, 0.15) is 35.2 Å². The molecule has 2 heterocycles. The maximum absolute atomic E-state index is 12.9. The molecule has 4 aromatic rings. The fraction of sp³-hybridized carbons (Fsp3) is 0.233. The molecule has 0 spiro atoms. The molecule has 0 radical (unpaired) electrons. The second-order valence-electron chi connectivity index (χ2n) is 9.19. The molecule has 5 rings (SSSR count). The van der Waals surface area contributed by atoms with Gasteiger partial charge in [0.15, 0.2) is 0 Å². The molecule has 1 aliphatic rings. The Hall–Kier alpha value is -4.23. The Labute approximate surface area is 217 Å². The number of amides is 1. The zero-order chi connectivity index (χ0) is 25.5. The van der Waals surface area contributed by atoms with Crippen molar-refractivity contribution in [2.45, 2.75) is 25.8 Å². The Morgan fingerprint density at radius 3 is 2.43 bits per heavy atom. The highest BCUT2D eigenvalue weighted by Crippen LogP contribution is 2.23. The van der Waals surface area contributed by atoms with E-state index in [4.69, 9.17) is 4.74 Å². The molecule has 7 heteroatoms. The van der Waals surface area contributed by atoms with Crippen LogP contribution in [0.5, 0.6) is 5.75 Å². The average molecular weight is 494 g/mol. The fourth-order valence-electron chi connectivity index (χ4n) is 4.49. The molecule has 1 aliphatic heterocycles. The molecule has 0 atom stereocenters. The number of nitrogens with one attached hydrogen (secondary N) is 2. The predicted molar refractivity (Wildman–Crippen MR) is 147 cm³/mol. The van der Waals surface area contributed by atoms with Gasteiger partial charge in [-0.2, -0.15) is 0 Å². The van der Waals surface area contributed by atoms with Crippen molar-refractivity contribution in [3.05, 3.63) is 96.2 Å². The highest BCUT2D eigenvalue weighted by Gasteiger charge is 2.12.